The van der Waals surface area contributed by atoms with Crippen molar-refractivity contribution in [2.45, 2.75) is 50.7 Å². The maximum atomic E-state index is 12.9. The van der Waals surface area contributed by atoms with Gasteiger partial charge in [0.05, 0.1) is 28.4 Å². The molecule has 0 N–H and O–H groups in total. The molecule has 1 aliphatic rings. The van der Waals surface area contributed by atoms with Crippen LogP contribution in [0, 0.1) is 0 Å². The fourth-order valence-electron chi connectivity index (χ4n) is 3.99. The Bertz CT molecular complexity index is 1100. The summed E-state index contributed by atoms with van der Waals surface area (Å²) in [6, 6.07) is 8.36. The zero-order chi connectivity index (χ0) is 22.7. The Hall–Kier alpha value is -2.39. The molecule has 0 bridgehead atoms. The van der Waals surface area contributed by atoms with E-state index in [1.807, 2.05) is 23.1 Å². The van der Waals surface area contributed by atoms with Crippen molar-refractivity contribution in [1.29, 1.82) is 0 Å². The van der Waals surface area contributed by atoms with Crippen molar-refractivity contribution in [3.8, 4) is 0 Å². The Labute approximate surface area is 196 Å². The van der Waals surface area contributed by atoms with Gasteiger partial charge in [0.15, 0.2) is 10.9 Å². The van der Waals surface area contributed by atoms with E-state index in [0.29, 0.717) is 31.1 Å². The number of carbonyl (C=O) groups is 2. The highest BCUT2D eigenvalue weighted by molar-refractivity contribution is 7.99. The van der Waals surface area contributed by atoms with Gasteiger partial charge in [-0.25, -0.2) is 14.8 Å². The average Bonchev–Trinajstić information content (AvgIpc) is 3.43. The molecule has 0 spiro atoms. The van der Waals surface area contributed by atoms with Gasteiger partial charge in [-0.15, -0.1) is 11.3 Å². The average molecular weight is 473 g/mol. The zero-order valence-electron chi connectivity index (χ0n) is 18.6. The predicted molar refractivity (Wildman–Crippen MR) is 127 cm³/mol. The first kappa shape index (κ1) is 22.8. The first-order valence-corrected chi connectivity index (χ1v) is 12.8. The zero-order valence-corrected chi connectivity index (χ0v) is 20.2. The SMILES string of the molecule is CCOC(=O)c1csc(C2CCN(C(=O)CSc3nc4ccccc4n3C(C)C)CC2)n1. The van der Waals surface area contributed by atoms with Crippen molar-refractivity contribution < 1.29 is 14.3 Å². The van der Waals surface area contributed by atoms with E-state index in [2.05, 4.69) is 29.5 Å². The number of amides is 1. The maximum absolute atomic E-state index is 12.9. The summed E-state index contributed by atoms with van der Waals surface area (Å²) in [5, 5.41) is 3.61. The number of fused-ring (bicyclic) bond motifs is 1. The number of ether oxygens (including phenoxy) is 1. The summed E-state index contributed by atoms with van der Waals surface area (Å²) in [5.41, 5.74) is 2.45. The molecule has 3 heterocycles. The molecule has 1 amide bonds. The van der Waals surface area contributed by atoms with Crippen molar-refractivity contribution in [1.82, 2.24) is 19.4 Å². The second-order valence-electron chi connectivity index (χ2n) is 8.08. The van der Waals surface area contributed by atoms with Gasteiger partial charge >= 0.3 is 5.97 Å². The van der Waals surface area contributed by atoms with Crippen LogP contribution in [0.25, 0.3) is 11.0 Å². The summed E-state index contributed by atoms with van der Waals surface area (Å²) in [4.78, 5) is 35.9. The minimum Gasteiger partial charge on any atom is -0.461 e. The highest BCUT2D eigenvalue weighted by Gasteiger charge is 2.27. The number of aromatic nitrogens is 3. The molecule has 3 aromatic rings. The molecular weight excluding hydrogens is 444 g/mol. The number of para-hydroxylation sites is 2. The van der Waals surface area contributed by atoms with Gasteiger partial charge in [-0.2, -0.15) is 0 Å². The lowest BCUT2D eigenvalue weighted by Gasteiger charge is -2.31. The standard InChI is InChI=1S/C23H28N4O3S2/c1-4-30-22(29)18-13-31-21(24-18)16-9-11-26(12-10-16)20(28)14-32-23-25-17-7-5-6-8-19(17)27(23)15(2)3/h5-8,13,15-16H,4,9-12,14H2,1-3H3. The summed E-state index contributed by atoms with van der Waals surface area (Å²) in [6.45, 7) is 7.82. The molecule has 9 heteroatoms. The van der Waals surface area contributed by atoms with Gasteiger partial charge in [0, 0.05) is 30.4 Å². The Morgan fingerprint density at radius 2 is 1.97 bits per heavy atom. The van der Waals surface area contributed by atoms with Crippen molar-refractivity contribution in [2.75, 3.05) is 25.4 Å². The number of benzene rings is 1. The van der Waals surface area contributed by atoms with Gasteiger partial charge in [0.1, 0.15) is 0 Å². The molecule has 2 aromatic heterocycles. The Morgan fingerprint density at radius 1 is 1.22 bits per heavy atom. The second-order valence-corrected chi connectivity index (χ2v) is 9.91. The number of hydrogen-bond donors (Lipinski definition) is 0. The highest BCUT2D eigenvalue weighted by Crippen LogP contribution is 2.32. The largest absolute Gasteiger partial charge is 0.461 e. The van der Waals surface area contributed by atoms with Crippen molar-refractivity contribution >= 4 is 46.0 Å². The first-order chi connectivity index (χ1) is 15.5. The van der Waals surface area contributed by atoms with Crippen LogP contribution < -0.4 is 0 Å². The first-order valence-electron chi connectivity index (χ1n) is 11.0. The van der Waals surface area contributed by atoms with Crippen LogP contribution in [0.3, 0.4) is 0 Å². The third-order valence-corrected chi connectivity index (χ3v) is 7.55. The van der Waals surface area contributed by atoms with Crippen LogP contribution in [0.1, 0.15) is 61.1 Å². The van der Waals surface area contributed by atoms with E-state index >= 15 is 0 Å². The van der Waals surface area contributed by atoms with Crippen molar-refractivity contribution in [3.05, 3.63) is 40.3 Å². The highest BCUT2D eigenvalue weighted by atomic mass is 32.2. The molecule has 170 valence electrons. The minimum absolute atomic E-state index is 0.141. The van der Waals surface area contributed by atoms with Gasteiger partial charge in [0.25, 0.3) is 0 Å². The maximum Gasteiger partial charge on any atom is 0.357 e. The van der Waals surface area contributed by atoms with Crippen molar-refractivity contribution in [2.24, 2.45) is 0 Å². The summed E-state index contributed by atoms with van der Waals surface area (Å²) < 4.78 is 7.22. The molecule has 1 aliphatic heterocycles. The Balaban J connectivity index is 1.33. The Kier molecular flexibility index (Phi) is 7.15. The van der Waals surface area contributed by atoms with E-state index in [9.17, 15) is 9.59 Å². The molecule has 1 aromatic carbocycles. The molecule has 0 atom stereocenters. The van der Waals surface area contributed by atoms with Crippen LogP contribution in [0.4, 0.5) is 0 Å². The van der Waals surface area contributed by atoms with Crippen LogP contribution in [-0.4, -0.2) is 56.8 Å². The third-order valence-electron chi connectivity index (χ3n) is 5.61. The number of piperidine rings is 1. The van der Waals surface area contributed by atoms with Gasteiger partial charge in [-0.1, -0.05) is 23.9 Å². The number of likely N-dealkylation sites (tertiary alicyclic amines) is 1. The topological polar surface area (TPSA) is 77.3 Å². The smallest absolute Gasteiger partial charge is 0.357 e. The van der Waals surface area contributed by atoms with Crippen LogP contribution in [0.15, 0.2) is 34.8 Å². The summed E-state index contributed by atoms with van der Waals surface area (Å²) in [5.74, 6) is 0.435. The number of carbonyl (C=O) groups excluding carboxylic acids is 2. The normalized spacial score (nSPS) is 14.9. The van der Waals surface area contributed by atoms with Crippen molar-refractivity contribution in [3.63, 3.8) is 0 Å². The fraction of sp³-hybridized carbons (Fsp3) is 0.478. The molecule has 0 radical (unpaired) electrons. The van der Waals surface area contributed by atoms with Gasteiger partial charge in [-0.3, -0.25) is 4.79 Å². The number of esters is 1. The molecule has 1 fully saturated rings. The van der Waals surface area contributed by atoms with E-state index in [-0.39, 0.29) is 23.8 Å². The number of thiazole rings is 1. The van der Waals surface area contributed by atoms with Gasteiger partial charge < -0.3 is 14.2 Å². The molecule has 0 unspecified atom stereocenters. The van der Waals surface area contributed by atoms with E-state index in [4.69, 9.17) is 9.72 Å². The number of thioether (sulfide) groups is 1. The fourth-order valence-corrected chi connectivity index (χ4v) is 6.00. The monoisotopic (exact) mass is 472 g/mol. The lowest BCUT2D eigenvalue weighted by Crippen LogP contribution is -2.39. The van der Waals surface area contributed by atoms with E-state index in [0.717, 1.165) is 34.0 Å². The number of imidazole rings is 1. The number of rotatable bonds is 7. The lowest BCUT2D eigenvalue weighted by molar-refractivity contribution is -0.129. The molecular formula is C23H28N4O3S2. The van der Waals surface area contributed by atoms with E-state index in [1.165, 1.54) is 23.1 Å². The molecule has 7 nitrogen and oxygen atoms in total. The second kappa shape index (κ2) is 10.0. The molecule has 4 rings (SSSR count). The Morgan fingerprint density at radius 3 is 2.69 bits per heavy atom. The molecule has 0 aliphatic carbocycles. The van der Waals surface area contributed by atoms with Crippen LogP contribution >= 0.6 is 23.1 Å². The predicted octanol–water partition coefficient (Wildman–Crippen LogP) is 4.75. The van der Waals surface area contributed by atoms with Crippen LogP contribution in [-0.2, 0) is 9.53 Å². The van der Waals surface area contributed by atoms with E-state index in [1.54, 1.807) is 12.3 Å². The summed E-state index contributed by atoms with van der Waals surface area (Å²) >= 11 is 3.01. The quantitative estimate of drug-likeness (QED) is 0.365. The number of nitrogens with zero attached hydrogens (tertiary/aromatic N) is 4. The summed E-state index contributed by atoms with van der Waals surface area (Å²) in [7, 11) is 0. The lowest BCUT2D eigenvalue weighted by atomic mass is 9.97. The summed E-state index contributed by atoms with van der Waals surface area (Å²) in [6.07, 6.45) is 1.72. The van der Waals surface area contributed by atoms with Gasteiger partial charge in [-0.05, 0) is 45.7 Å². The van der Waals surface area contributed by atoms with Crippen LogP contribution in [0.5, 0.6) is 0 Å². The van der Waals surface area contributed by atoms with E-state index < -0.39 is 0 Å². The van der Waals surface area contributed by atoms with Crippen LogP contribution in [0.2, 0.25) is 0 Å². The molecule has 32 heavy (non-hydrogen) atoms. The number of hydrogen-bond acceptors (Lipinski definition) is 7. The molecule has 0 saturated carbocycles. The molecule has 1 saturated heterocycles. The minimum atomic E-state index is -0.368. The van der Waals surface area contributed by atoms with Gasteiger partial charge in [0.2, 0.25) is 5.91 Å². The third kappa shape index (κ3) is 4.83.